The van der Waals surface area contributed by atoms with E-state index in [9.17, 15) is 19.4 Å². The number of rotatable bonds is 21. The SMILES string of the molecule is C=CCO[C@@]12Oc3ccc(OCc4ccccc4F)cc3[C@H]3[C@H](CCCCO)[C@@H](CCCCO)C=C(C(=NOC(C)(C)C)C[C@@H]1N(CCC)S(=O)(=O)c1ccc(NC(C)=O)cc1)[C@H]32. The molecule has 12 nitrogen and oxygen atoms in total. The van der Waals surface area contributed by atoms with Crippen molar-refractivity contribution in [3.05, 3.63) is 108 Å². The molecule has 0 radical (unpaired) electrons. The molecule has 6 rings (SSSR count). The number of hydrogen-bond acceptors (Lipinski definition) is 10. The van der Waals surface area contributed by atoms with Gasteiger partial charge in [0.2, 0.25) is 21.7 Å². The number of aliphatic hydroxyl groups is 2. The van der Waals surface area contributed by atoms with Crippen LogP contribution in [0.5, 0.6) is 11.5 Å². The maximum Gasteiger partial charge on any atom is 0.243 e. The normalized spacial score (nSPS) is 23.6. The Balaban J connectivity index is 1.60. The van der Waals surface area contributed by atoms with Gasteiger partial charge in [-0.1, -0.05) is 55.3 Å². The van der Waals surface area contributed by atoms with Gasteiger partial charge >= 0.3 is 0 Å². The van der Waals surface area contributed by atoms with Gasteiger partial charge in [0.1, 0.15) is 29.5 Å². The van der Waals surface area contributed by atoms with Crippen LogP contribution in [0.2, 0.25) is 0 Å². The third kappa shape index (κ3) is 10.9. The highest BCUT2D eigenvalue weighted by molar-refractivity contribution is 7.89. The lowest BCUT2D eigenvalue weighted by atomic mass is 9.55. The van der Waals surface area contributed by atoms with Crippen molar-refractivity contribution in [2.24, 2.45) is 22.9 Å². The molecule has 1 amide bonds. The number of carbonyl (C=O) groups is 1. The Hall–Kier alpha value is -4.60. The number of benzene rings is 3. The van der Waals surface area contributed by atoms with Crippen molar-refractivity contribution in [1.29, 1.82) is 0 Å². The van der Waals surface area contributed by atoms with Crippen LogP contribution in [0.4, 0.5) is 10.1 Å². The van der Waals surface area contributed by atoms with Crippen molar-refractivity contribution in [1.82, 2.24) is 4.31 Å². The number of unbranched alkanes of at least 4 members (excludes halogenated alkanes) is 2. The average Bonchev–Trinajstić information content (AvgIpc) is 3.24. The Bertz CT molecular complexity index is 2220. The lowest BCUT2D eigenvalue weighted by Gasteiger charge is -2.59. The molecule has 1 fully saturated rings. The number of anilines is 1. The number of amides is 1. The molecule has 1 saturated carbocycles. The molecular weight excluding hydrogens is 826 g/mol. The summed E-state index contributed by atoms with van der Waals surface area (Å²) in [6, 6.07) is 17.2. The summed E-state index contributed by atoms with van der Waals surface area (Å²) in [5.74, 6) is -2.28. The van der Waals surface area contributed by atoms with E-state index >= 15 is 8.42 Å². The second-order valence-corrected chi connectivity index (χ2v) is 19.6. The van der Waals surface area contributed by atoms with Crippen LogP contribution < -0.4 is 14.8 Å². The number of nitrogens with one attached hydrogen (secondary N) is 1. The number of ether oxygens (including phenoxy) is 3. The molecule has 1 heterocycles. The second-order valence-electron chi connectivity index (χ2n) is 17.7. The molecule has 0 spiro atoms. The fraction of sp³-hybridized carbons (Fsp3) is 0.510. The van der Waals surface area contributed by atoms with E-state index in [1.807, 2.05) is 39.8 Å². The fourth-order valence-corrected chi connectivity index (χ4v) is 11.1. The summed E-state index contributed by atoms with van der Waals surface area (Å²) in [6.45, 7) is 13.3. The van der Waals surface area contributed by atoms with E-state index in [1.54, 1.807) is 42.5 Å². The van der Waals surface area contributed by atoms with E-state index < -0.39 is 33.4 Å². The fourth-order valence-electron chi connectivity index (χ4n) is 9.39. The summed E-state index contributed by atoms with van der Waals surface area (Å²) in [4.78, 5) is 18.1. The molecule has 3 aromatic carbocycles. The van der Waals surface area contributed by atoms with Crippen LogP contribution in [0.3, 0.4) is 0 Å². The van der Waals surface area contributed by atoms with Gasteiger partial charge in [0.25, 0.3) is 0 Å². The summed E-state index contributed by atoms with van der Waals surface area (Å²) in [5.41, 5.74) is 2.46. The van der Waals surface area contributed by atoms with Crippen molar-refractivity contribution >= 4 is 27.3 Å². The third-order valence-corrected chi connectivity index (χ3v) is 13.9. The van der Waals surface area contributed by atoms with E-state index in [0.717, 1.165) is 36.8 Å². The van der Waals surface area contributed by atoms with Gasteiger partial charge < -0.3 is 34.6 Å². The monoisotopic (exact) mass is 889 g/mol. The number of aliphatic hydroxyl groups excluding tert-OH is 2. The zero-order valence-electron chi connectivity index (χ0n) is 37.2. The molecule has 0 unspecified atom stereocenters. The maximum absolute atomic E-state index is 15.2. The summed E-state index contributed by atoms with van der Waals surface area (Å²) in [6.07, 6.45) is 8.64. The standard InChI is InChI=1S/C49H64FN3O9S/c1-7-25-53(63(57,58)38-22-19-36(20-23-38)51-33(3)56)45-31-43(52-62-48(4,5)6)40-29-34(15-11-13-26-54)39(17-12-14-27-55)46-41-30-37(59-32-35-16-9-10-18-42(35)50)21-24-44(41)61-49(45,47(40)46)60-28-8-2/h8-10,16,18-24,29-30,34,39,45-47,54-55H,2,7,11-15,17,25-28,31-32H2,1,3-6H3,(H,51,56)/t34-,39+,45-,46+,47+,49+/m0/s1. The molecule has 14 heteroatoms. The van der Waals surface area contributed by atoms with Crippen LogP contribution in [0.1, 0.15) is 103 Å². The van der Waals surface area contributed by atoms with Crippen molar-refractivity contribution in [2.45, 2.75) is 121 Å². The van der Waals surface area contributed by atoms with Crippen LogP contribution in [-0.4, -0.2) is 78.4 Å². The highest BCUT2D eigenvalue weighted by Crippen LogP contribution is 2.62. The van der Waals surface area contributed by atoms with Crippen molar-refractivity contribution < 1.29 is 46.9 Å². The first-order valence-electron chi connectivity index (χ1n) is 22.2. The van der Waals surface area contributed by atoms with Gasteiger partial charge in [0.05, 0.1) is 29.2 Å². The number of allylic oxidation sites excluding steroid dienone is 1. The van der Waals surface area contributed by atoms with Gasteiger partial charge in [0, 0.05) is 55.8 Å². The number of fused-ring (bicyclic) bond motifs is 2. The van der Waals surface area contributed by atoms with Crippen LogP contribution >= 0.6 is 0 Å². The molecule has 0 aromatic heterocycles. The van der Waals surface area contributed by atoms with Crippen LogP contribution in [-0.2, 0) is 31.0 Å². The highest BCUT2D eigenvalue weighted by atomic mass is 32.2. The van der Waals surface area contributed by atoms with Gasteiger partial charge in [0.15, 0.2) is 0 Å². The summed E-state index contributed by atoms with van der Waals surface area (Å²) in [5, 5.41) is 27.4. The number of hydrogen-bond donors (Lipinski definition) is 3. The Kier molecular flexibility index (Phi) is 15.9. The van der Waals surface area contributed by atoms with Gasteiger partial charge in [-0.05, 0) is 119 Å². The first kappa shape index (κ1) is 47.9. The summed E-state index contributed by atoms with van der Waals surface area (Å²) in [7, 11) is -4.27. The van der Waals surface area contributed by atoms with E-state index in [0.29, 0.717) is 47.7 Å². The molecular formula is C49H64FN3O9S. The molecule has 2 aliphatic carbocycles. The molecule has 1 aliphatic heterocycles. The van der Waals surface area contributed by atoms with Gasteiger partial charge in [-0.15, -0.1) is 6.58 Å². The molecule has 3 N–H and O–H groups in total. The first-order chi connectivity index (χ1) is 30.2. The van der Waals surface area contributed by atoms with Crippen LogP contribution in [0.25, 0.3) is 0 Å². The summed E-state index contributed by atoms with van der Waals surface area (Å²) < 4.78 is 67.2. The minimum atomic E-state index is -4.27. The Morgan fingerprint density at radius 1 is 1.05 bits per heavy atom. The molecule has 3 aromatic rings. The predicted octanol–water partition coefficient (Wildman–Crippen LogP) is 8.90. The molecule has 3 aliphatic rings. The average molecular weight is 890 g/mol. The van der Waals surface area contributed by atoms with Crippen molar-refractivity contribution in [3.8, 4) is 11.5 Å². The smallest absolute Gasteiger partial charge is 0.243 e. The Morgan fingerprint density at radius 2 is 1.76 bits per heavy atom. The molecule has 6 atom stereocenters. The summed E-state index contributed by atoms with van der Waals surface area (Å²) >= 11 is 0. The maximum atomic E-state index is 15.2. The number of sulfonamides is 1. The lowest BCUT2D eigenvalue weighted by Crippen LogP contribution is -2.70. The molecule has 342 valence electrons. The van der Waals surface area contributed by atoms with Crippen LogP contribution in [0.15, 0.2) is 101 Å². The second kappa shape index (κ2) is 20.9. The van der Waals surface area contributed by atoms with E-state index in [-0.39, 0.29) is 73.8 Å². The Labute approximate surface area is 372 Å². The van der Waals surface area contributed by atoms with Gasteiger partial charge in [-0.3, -0.25) is 4.79 Å². The van der Waals surface area contributed by atoms with Gasteiger partial charge in [-0.2, -0.15) is 4.31 Å². The zero-order valence-corrected chi connectivity index (χ0v) is 38.0. The van der Waals surface area contributed by atoms with E-state index in [2.05, 4.69) is 18.0 Å². The zero-order chi connectivity index (χ0) is 45.4. The van der Waals surface area contributed by atoms with Crippen LogP contribution in [0, 0.1) is 23.6 Å². The van der Waals surface area contributed by atoms with Crippen molar-refractivity contribution in [3.63, 3.8) is 0 Å². The van der Waals surface area contributed by atoms with Gasteiger partial charge in [-0.25, -0.2) is 12.8 Å². The quantitative estimate of drug-likeness (QED) is 0.0540. The number of halogens is 1. The minimum Gasteiger partial charge on any atom is -0.489 e. The van der Waals surface area contributed by atoms with Crippen molar-refractivity contribution in [2.75, 3.05) is 31.7 Å². The third-order valence-electron chi connectivity index (χ3n) is 12.0. The first-order valence-corrected chi connectivity index (χ1v) is 23.6. The number of nitrogens with zero attached hydrogens (tertiary/aromatic N) is 2. The predicted molar refractivity (Wildman–Crippen MR) is 241 cm³/mol. The number of carbonyl (C=O) groups excluding carboxylic acids is 1. The molecule has 0 saturated heterocycles. The topological polar surface area (TPSA) is 156 Å². The number of oxime groups is 1. The minimum absolute atomic E-state index is 0.000312. The lowest BCUT2D eigenvalue weighted by molar-refractivity contribution is -0.251. The molecule has 0 bridgehead atoms. The van der Waals surface area contributed by atoms with E-state index in [4.69, 9.17) is 24.2 Å². The highest BCUT2D eigenvalue weighted by Gasteiger charge is 2.66. The largest absolute Gasteiger partial charge is 0.489 e. The van der Waals surface area contributed by atoms with E-state index in [1.165, 1.54) is 29.4 Å². The molecule has 63 heavy (non-hydrogen) atoms. The Morgan fingerprint density at radius 3 is 2.41 bits per heavy atom.